The molecule has 0 aliphatic heterocycles. The first-order chi connectivity index (χ1) is 11.1. The van der Waals surface area contributed by atoms with Gasteiger partial charge in [-0.3, -0.25) is 9.10 Å². The largest absolute Gasteiger partial charge is 0.354 e. The second kappa shape index (κ2) is 9.49. The van der Waals surface area contributed by atoms with Crippen LogP contribution >= 0.6 is 23.2 Å². The normalized spacial score (nSPS) is 12.7. The number of anilines is 1. The molecule has 1 N–H and O–H groups in total. The maximum Gasteiger partial charge on any atom is 0.232 e. The summed E-state index contributed by atoms with van der Waals surface area (Å²) in [5, 5.41) is 3.59. The van der Waals surface area contributed by atoms with Gasteiger partial charge in [0.2, 0.25) is 15.9 Å². The maximum absolute atomic E-state index is 12.1. The lowest BCUT2D eigenvalue weighted by molar-refractivity contribution is -0.121. The predicted octanol–water partition coefficient (Wildman–Crippen LogP) is 3.84. The number of halogens is 2. The van der Waals surface area contributed by atoms with E-state index in [4.69, 9.17) is 23.2 Å². The van der Waals surface area contributed by atoms with Gasteiger partial charge in [0, 0.05) is 24.0 Å². The second-order valence-electron chi connectivity index (χ2n) is 5.79. The van der Waals surface area contributed by atoms with E-state index >= 15 is 0 Å². The van der Waals surface area contributed by atoms with Crippen LogP contribution in [0.15, 0.2) is 18.2 Å². The fraction of sp³-hybridized carbons (Fsp3) is 0.562. The summed E-state index contributed by atoms with van der Waals surface area (Å²) in [4.78, 5) is 11.9. The zero-order valence-electron chi connectivity index (χ0n) is 14.2. The molecule has 0 unspecified atom stereocenters. The minimum atomic E-state index is -3.53. The van der Waals surface area contributed by atoms with Gasteiger partial charge in [-0.2, -0.15) is 0 Å². The lowest BCUT2D eigenvalue weighted by atomic mass is 10.2. The number of rotatable bonds is 9. The SMILES string of the molecule is CCC[C@H](C)NC(=O)CCCN(c1cc(Cl)ccc1Cl)S(C)(=O)=O. The summed E-state index contributed by atoms with van der Waals surface area (Å²) in [6, 6.07) is 4.78. The van der Waals surface area contributed by atoms with Crippen molar-refractivity contribution in [1.82, 2.24) is 5.32 Å². The van der Waals surface area contributed by atoms with Crippen LogP contribution in [-0.4, -0.2) is 33.2 Å². The van der Waals surface area contributed by atoms with Crippen molar-refractivity contribution in [2.24, 2.45) is 0 Å². The molecule has 1 atom stereocenters. The first kappa shape index (κ1) is 21.1. The zero-order valence-corrected chi connectivity index (χ0v) is 16.5. The summed E-state index contributed by atoms with van der Waals surface area (Å²) in [6.45, 7) is 4.17. The molecule has 0 saturated carbocycles. The standard InChI is InChI=1S/C16H24Cl2N2O3S/c1-4-6-12(2)19-16(21)7-5-10-20(24(3,22)23)15-11-13(17)8-9-14(15)18/h8-9,11-12H,4-7,10H2,1-3H3,(H,19,21)/t12-/m0/s1. The molecule has 1 aromatic rings. The number of hydrogen-bond acceptors (Lipinski definition) is 3. The number of nitrogens with one attached hydrogen (secondary N) is 1. The summed E-state index contributed by atoms with van der Waals surface area (Å²) in [6.07, 6.45) is 3.66. The van der Waals surface area contributed by atoms with Gasteiger partial charge >= 0.3 is 0 Å². The van der Waals surface area contributed by atoms with Gasteiger partial charge in [-0.15, -0.1) is 0 Å². The van der Waals surface area contributed by atoms with E-state index in [0.717, 1.165) is 19.1 Å². The summed E-state index contributed by atoms with van der Waals surface area (Å²) >= 11 is 12.0. The zero-order chi connectivity index (χ0) is 18.3. The third-order valence-electron chi connectivity index (χ3n) is 3.47. The maximum atomic E-state index is 12.1. The fourth-order valence-electron chi connectivity index (χ4n) is 2.38. The number of carbonyl (C=O) groups excluding carboxylic acids is 1. The Morgan fingerprint density at radius 3 is 2.58 bits per heavy atom. The Hall–Kier alpha value is -0.980. The first-order valence-corrected chi connectivity index (χ1v) is 10.5. The number of sulfonamides is 1. The molecule has 0 aliphatic carbocycles. The van der Waals surface area contributed by atoms with Crippen molar-refractivity contribution >= 4 is 44.8 Å². The summed E-state index contributed by atoms with van der Waals surface area (Å²) in [5.74, 6) is -0.0819. The fourth-order valence-corrected chi connectivity index (χ4v) is 3.78. The Morgan fingerprint density at radius 1 is 1.33 bits per heavy atom. The van der Waals surface area contributed by atoms with Crippen molar-refractivity contribution in [1.29, 1.82) is 0 Å². The Balaban J connectivity index is 2.73. The van der Waals surface area contributed by atoms with Crippen LogP contribution in [0.3, 0.4) is 0 Å². The third-order valence-corrected chi connectivity index (χ3v) is 5.21. The molecule has 0 spiro atoms. The molecule has 0 radical (unpaired) electrons. The molecule has 24 heavy (non-hydrogen) atoms. The Morgan fingerprint density at radius 2 is 2.00 bits per heavy atom. The second-order valence-corrected chi connectivity index (χ2v) is 8.54. The third kappa shape index (κ3) is 6.87. The van der Waals surface area contributed by atoms with E-state index in [1.54, 1.807) is 12.1 Å². The van der Waals surface area contributed by atoms with Crippen LogP contribution in [0.5, 0.6) is 0 Å². The van der Waals surface area contributed by atoms with Crippen molar-refractivity contribution in [2.75, 3.05) is 17.1 Å². The highest BCUT2D eigenvalue weighted by Crippen LogP contribution is 2.30. The Bertz CT molecular complexity index is 665. The predicted molar refractivity (Wildman–Crippen MR) is 100 cm³/mol. The van der Waals surface area contributed by atoms with Gasteiger partial charge in [-0.25, -0.2) is 8.42 Å². The van der Waals surface area contributed by atoms with Crippen molar-refractivity contribution in [2.45, 2.75) is 45.6 Å². The van der Waals surface area contributed by atoms with Crippen LogP contribution < -0.4 is 9.62 Å². The van der Waals surface area contributed by atoms with Gasteiger partial charge in [0.1, 0.15) is 0 Å². The van der Waals surface area contributed by atoms with Crippen molar-refractivity contribution in [3.63, 3.8) is 0 Å². The molecule has 1 amide bonds. The first-order valence-electron chi connectivity index (χ1n) is 7.87. The Labute approximate surface area is 154 Å². The minimum Gasteiger partial charge on any atom is -0.354 e. The molecule has 136 valence electrons. The molecule has 0 fully saturated rings. The van der Waals surface area contributed by atoms with Crippen LogP contribution in [-0.2, 0) is 14.8 Å². The molecule has 8 heteroatoms. The van der Waals surface area contributed by atoms with Gasteiger partial charge in [0.05, 0.1) is 17.0 Å². The van der Waals surface area contributed by atoms with Crippen LogP contribution in [0.4, 0.5) is 5.69 Å². The summed E-state index contributed by atoms with van der Waals surface area (Å²) in [7, 11) is -3.53. The smallest absolute Gasteiger partial charge is 0.232 e. The number of nitrogens with zero attached hydrogens (tertiary/aromatic N) is 1. The lowest BCUT2D eigenvalue weighted by Crippen LogP contribution is -2.34. The molecular weight excluding hydrogens is 371 g/mol. The summed E-state index contributed by atoms with van der Waals surface area (Å²) in [5.41, 5.74) is 0.325. The monoisotopic (exact) mass is 394 g/mol. The minimum absolute atomic E-state index is 0.0819. The molecule has 5 nitrogen and oxygen atoms in total. The molecule has 0 bridgehead atoms. The molecular formula is C16H24Cl2N2O3S. The van der Waals surface area contributed by atoms with Gasteiger partial charge in [-0.1, -0.05) is 36.5 Å². The highest BCUT2D eigenvalue weighted by atomic mass is 35.5. The lowest BCUT2D eigenvalue weighted by Gasteiger charge is -2.23. The number of carbonyl (C=O) groups is 1. The van der Waals surface area contributed by atoms with Crippen molar-refractivity contribution in [3.05, 3.63) is 28.2 Å². The van der Waals surface area contributed by atoms with E-state index in [1.165, 1.54) is 10.4 Å². The van der Waals surface area contributed by atoms with E-state index in [1.807, 2.05) is 6.92 Å². The van der Waals surface area contributed by atoms with Crippen molar-refractivity contribution in [3.8, 4) is 0 Å². The quantitative estimate of drug-likeness (QED) is 0.691. The van der Waals surface area contributed by atoms with Crippen LogP contribution in [0.1, 0.15) is 39.5 Å². The van der Waals surface area contributed by atoms with Crippen LogP contribution in [0, 0.1) is 0 Å². The highest BCUT2D eigenvalue weighted by molar-refractivity contribution is 7.92. The molecule has 0 saturated heterocycles. The molecule has 1 rings (SSSR count). The average Bonchev–Trinajstić information content (AvgIpc) is 2.45. The van der Waals surface area contributed by atoms with Crippen LogP contribution in [0.25, 0.3) is 0 Å². The molecule has 0 heterocycles. The van der Waals surface area contributed by atoms with Crippen LogP contribution in [0.2, 0.25) is 10.0 Å². The Kier molecular flexibility index (Phi) is 8.33. The summed E-state index contributed by atoms with van der Waals surface area (Å²) < 4.78 is 25.3. The average molecular weight is 395 g/mol. The number of amides is 1. The van der Waals surface area contributed by atoms with Crippen molar-refractivity contribution < 1.29 is 13.2 Å². The molecule has 0 aromatic heterocycles. The van der Waals surface area contributed by atoms with Gasteiger partial charge < -0.3 is 5.32 Å². The molecule has 0 aliphatic rings. The van der Waals surface area contributed by atoms with Gasteiger partial charge in [0.15, 0.2) is 0 Å². The topological polar surface area (TPSA) is 66.5 Å². The molecule has 1 aromatic carbocycles. The van der Waals surface area contributed by atoms with Gasteiger partial charge in [0.25, 0.3) is 0 Å². The van der Waals surface area contributed by atoms with E-state index in [9.17, 15) is 13.2 Å². The number of benzene rings is 1. The number of hydrogen-bond donors (Lipinski definition) is 1. The van der Waals surface area contributed by atoms with Gasteiger partial charge in [-0.05, 0) is 38.0 Å². The van der Waals surface area contributed by atoms with E-state index in [-0.39, 0.29) is 24.9 Å². The van der Waals surface area contributed by atoms with E-state index < -0.39 is 10.0 Å². The van der Waals surface area contributed by atoms with E-state index in [0.29, 0.717) is 22.2 Å². The van der Waals surface area contributed by atoms with E-state index in [2.05, 4.69) is 12.2 Å². The highest BCUT2D eigenvalue weighted by Gasteiger charge is 2.20.